The van der Waals surface area contributed by atoms with Crippen molar-refractivity contribution in [2.75, 3.05) is 20.8 Å². The topological polar surface area (TPSA) is 99.4 Å². The van der Waals surface area contributed by atoms with Crippen molar-refractivity contribution in [2.45, 2.75) is 19.9 Å². The monoisotopic (exact) mass is 480 g/mol. The Morgan fingerprint density at radius 2 is 1.91 bits per heavy atom. The van der Waals surface area contributed by atoms with E-state index in [9.17, 15) is 14.7 Å². The molecule has 0 amide bonds. The summed E-state index contributed by atoms with van der Waals surface area (Å²) in [6.07, 6.45) is 1.59. The number of esters is 1. The second-order valence-corrected chi connectivity index (χ2v) is 8.48. The highest BCUT2D eigenvalue weighted by molar-refractivity contribution is 7.07. The van der Waals surface area contributed by atoms with Gasteiger partial charge in [0.05, 0.1) is 42.7 Å². The minimum Gasteiger partial charge on any atom is -0.504 e. The number of hydrogen-bond acceptors (Lipinski definition) is 8. The smallest absolute Gasteiger partial charge is 0.338 e. The van der Waals surface area contributed by atoms with Crippen LogP contribution in [0.4, 0.5) is 0 Å². The molecule has 0 aliphatic carbocycles. The second kappa shape index (κ2) is 9.56. The van der Waals surface area contributed by atoms with E-state index in [-0.39, 0.29) is 17.9 Å². The molecule has 2 heterocycles. The fraction of sp³-hybridized carbons (Fsp3) is 0.240. The van der Waals surface area contributed by atoms with Crippen LogP contribution in [0.2, 0.25) is 0 Å². The molecule has 2 aromatic carbocycles. The molecule has 0 saturated heterocycles. The van der Waals surface area contributed by atoms with Crippen LogP contribution >= 0.6 is 11.3 Å². The summed E-state index contributed by atoms with van der Waals surface area (Å²) < 4.78 is 17.6. The van der Waals surface area contributed by atoms with Crippen molar-refractivity contribution in [3.05, 3.63) is 84.5 Å². The van der Waals surface area contributed by atoms with Gasteiger partial charge in [-0.15, -0.1) is 0 Å². The predicted molar refractivity (Wildman–Crippen MR) is 128 cm³/mol. The molecule has 3 aromatic rings. The number of rotatable bonds is 6. The number of benzene rings is 2. The Morgan fingerprint density at radius 1 is 1.18 bits per heavy atom. The van der Waals surface area contributed by atoms with Gasteiger partial charge in [0.2, 0.25) is 0 Å². The number of phenols is 1. The quantitative estimate of drug-likeness (QED) is 0.545. The van der Waals surface area contributed by atoms with Gasteiger partial charge in [-0.05, 0) is 43.7 Å². The molecular weight excluding hydrogens is 456 g/mol. The van der Waals surface area contributed by atoms with Gasteiger partial charge < -0.3 is 19.3 Å². The van der Waals surface area contributed by atoms with E-state index < -0.39 is 12.0 Å². The van der Waals surface area contributed by atoms with Crippen molar-refractivity contribution in [3.63, 3.8) is 0 Å². The number of para-hydroxylation sites is 1. The van der Waals surface area contributed by atoms with Crippen molar-refractivity contribution in [2.24, 2.45) is 4.99 Å². The summed E-state index contributed by atoms with van der Waals surface area (Å²) in [6, 6.07) is 11.5. The van der Waals surface area contributed by atoms with Crippen molar-refractivity contribution in [3.8, 4) is 17.2 Å². The van der Waals surface area contributed by atoms with Gasteiger partial charge in [-0.2, -0.15) is 0 Å². The van der Waals surface area contributed by atoms with Crippen LogP contribution in [0.5, 0.6) is 17.2 Å². The summed E-state index contributed by atoms with van der Waals surface area (Å²) in [4.78, 5) is 31.5. The average molecular weight is 481 g/mol. The number of aromatic nitrogens is 1. The van der Waals surface area contributed by atoms with Gasteiger partial charge in [0.25, 0.3) is 5.56 Å². The zero-order valence-electron chi connectivity index (χ0n) is 19.2. The van der Waals surface area contributed by atoms with Crippen LogP contribution in [0.1, 0.15) is 31.0 Å². The Balaban J connectivity index is 1.95. The lowest BCUT2D eigenvalue weighted by molar-refractivity contribution is -0.139. The summed E-state index contributed by atoms with van der Waals surface area (Å²) >= 11 is 1.18. The maximum atomic E-state index is 13.6. The second-order valence-electron chi connectivity index (χ2n) is 7.47. The molecular formula is C25H24N2O6S. The van der Waals surface area contributed by atoms with Gasteiger partial charge in [-0.3, -0.25) is 9.36 Å². The van der Waals surface area contributed by atoms with Gasteiger partial charge >= 0.3 is 5.97 Å². The van der Waals surface area contributed by atoms with E-state index in [1.807, 2.05) is 12.1 Å². The third kappa shape index (κ3) is 4.10. The first kappa shape index (κ1) is 23.3. The Bertz CT molecular complexity index is 1450. The molecule has 0 fully saturated rings. The molecule has 1 N–H and O–H groups in total. The van der Waals surface area contributed by atoms with Crippen LogP contribution in [0.25, 0.3) is 6.08 Å². The maximum Gasteiger partial charge on any atom is 0.338 e. The lowest BCUT2D eigenvalue weighted by atomic mass is 9.96. The first-order valence-electron chi connectivity index (χ1n) is 10.6. The van der Waals surface area contributed by atoms with Crippen LogP contribution in [-0.2, 0) is 9.53 Å². The Labute approximate surface area is 199 Å². The molecule has 0 saturated carbocycles. The van der Waals surface area contributed by atoms with Crippen molar-refractivity contribution < 1.29 is 24.1 Å². The normalized spacial score (nSPS) is 15.5. The third-order valence-corrected chi connectivity index (χ3v) is 6.47. The SMILES string of the molecule is CCOC(=O)C1=C(C)N=c2s/c(=C\c3cccc(OC)c3O)c(=O)n2C1c1ccc(OC)cc1. The number of carbonyl (C=O) groups excluding carboxylic acids is 1. The van der Waals surface area contributed by atoms with Crippen LogP contribution in [0.15, 0.2) is 63.5 Å². The lowest BCUT2D eigenvalue weighted by Gasteiger charge is -2.24. The third-order valence-electron chi connectivity index (χ3n) is 5.49. The molecule has 4 rings (SSSR count). The van der Waals surface area contributed by atoms with Crippen LogP contribution in [0.3, 0.4) is 0 Å². The van der Waals surface area contributed by atoms with Crippen molar-refractivity contribution >= 4 is 23.4 Å². The van der Waals surface area contributed by atoms with E-state index in [0.717, 1.165) is 5.56 Å². The number of allylic oxidation sites excluding steroid dienone is 1. The molecule has 8 nitrogen and oxygen atoms in total. The molecule has 1 aliphatic heterocycles. The summed E-state index contributed by atoms with van der Waals surface area (Å²) in [5.74, 6) is 0.372. The van der Waals surface area contributed by atoms with Crippen LogP contribution in [0, 0.1) is 0 Å². The lowest BCUT2D eigenvalue weighted by Crippen LogP contribution is -2.39. The molecule has 1 aromatic heterocycles. The van der Waals surface area contributed by atoms with Crippen LogP contribution < -0.4 is 24.4 Å². The number of thiazole rings is 1. The number of aromatic hydroxyl groups is 1. The summed E-state index contributed by atoms with van der Waals surface area (Å²) in [6.45, 7) is 3.66. The van der Waals surface area contributed by atoms with E-state index >= 15 is 0 Å². The molecule has 1 atom stereocenters. The number of methoxy groups -OCH3 is 2. The molecule has 9 heteroatoms. The number of phenolic OH excluding ortho intramolecular Hbond substituents is 1. The largest absolute Gasteiger partial charge is 0.504 e. The van der Waals surface area contributed by atoms with Crippen molar-refractivity contribution in [1.29, 1.82) is 0 Å². The van der Waals surface area contributed by atoms with E-state index in [1.165, 1.54) is 23.0 Å². The molecule has 0 bridgehead atoms. The van der Waals surface area contributed by atoms with Gasteiger partial charge in [-0.1, -0.05) is 35.6 Å². The minimum absolute atomic E-state index is 0.0640. The number of nitrogens with zero attached hydrogens (tertiary/aromatic N) is 2. The molecule has 1 unspecified atom stereocenters. The molecule has 0 radical (unpaired) electrons. The summed E-state index contributed by atoms with van der Waals surface area (Å²) in [5, 5.41) is 10.5. The number of fused-ring (bicyclic) bond motifs is 1. The highest BCUT2D eigenvalue weighted by Gasteiger charge is 2.33. The molecule has 1 aliphatic rings. The molecule has 34 heavy (non-hydrogen) atoms. The Kier molecular flexibility index (Phi) is 6.56. The van der Waals surface area contributed by atoms with E-state index in [2.05, 4.69) is 4.99 Å². The average Bonchev–Trinajstić information content (AvgIpc) is 3.14. The van der Waals surface area contributed by atoms with E-state index in [0.29, 0.717) is 37.7 Å². The summed E-state index contributed by atoms with van der Waals surface area (Å²) in [5.41, 5.74) is 1.61. The fourth-order valence-corrected chi connectivity index (χ4v) is 4.89. The number of ether oxygens (including phenoxy) is 3. The van der Waals surface area contributed by atoms with Gasteiger partial charge in [0.1, 0.15) is 5.75 Å². The standard InChI is InChI=1S/C25H24N2O6S/c1-5-33-24(30)20-14(2)26-25-27(21(20)15-9-11-17(31-3)12-10-15)23(29)19(34-25)13-16-7-6-8-18(32-4)22(16)28/h6-13,21,28H,5H2,1-4H3/b19-13-. The maximum absolute atomic E-state index is 13.6. The summed E-state index contributed by atoms with van der Waals surface area (Å²) in [7, 11) is 3.03. The van der Waals surface area contributed by atoms with Gasteiger partial charge in [0, 0.05) is 5.56 Å². The Morgan fingerprint density at radius 3 is 2.56 bits per heavy atom. The number of carbonyl (C=O) groups is 1. The van der Waals surface area contributed by atoms with Gasteiger partial charge in [-0.25, -0.2) is 9.79 Å². The first-order chi connectivity index (χ1) is 16.4. The highest BCUT2D eigenvalue weighted by Crippen LogP contribution is 2.32. The first-order valence-corrected chi connectivity index (χ1v) is 11.4. The fourth-order valence-electron chi connectivity index (χ4n) is 3.85. The van der Waals surface area contributed by atoms with E-state index in [4.69, 9.17) is 14.2 Å². The molecule has 176 valence electrons. The van der Waals surface area contributed by atoms with E-state index in [1.54, 1.807) is 57.4 Å². The highest BCUT2D eigenvalue weighted by atomic mass is 32.1. The zero-order chi connectivity index (χ0) is 24.4. The van der Waals surface area contributed by atoms with Crippen molar-refractivity contribution in [1.82, 2.24) is 4.57 Å². The molecule has 0 spiro atoms. The minimum atomic E-state index is -0.720. The predicted octanol–water partition coefficient (Wildman–Crippen LogP) is 2.52. The van der Waals surface area contributed by atoms with Gasteiger partial charge in [0.15, 0.2) is 16.3 Å². The number of hydrogen-bond donors (Lipinski definition) is 1. The zero-order valence-corrected chi connectivity index (χ0v) is 20.0. The Hall–Kier alpha value is -3.85. The van der Waals surface area contributed by atoms with Crippen LogP contribution in [-0.4, -0.2) is 36.5 Å².